The second-order valence-corrected chi connectivity index (χ2v) is 5.93. The highest BCUT2D eigenvalue weighted by Crippen LogP contribution is 2.20. The highest BCUT2D eigenvalue weighted by Gasteiger charge is 2.15. The molecule has 1 amide bonds. The normalized spacial score (nSPS) is 10.8. The maximum Gasteiger partial charge on any atom is 0.323 e. The van der Waals surface area contributed by atoms with E-state index in [0.29, 0.717) is 17.6 Å². The molecular weight excluding hydrogens is 310 g/mol. The lowest BCUT2D eigenvalue weighted by molar-refractivity contribution is -0.143. The molecule has 7 heteroatoms. The van der Waals surface area contributed by atoms with Gasteiger partial charge in [0.25, 0.3) is 0 Å². The van der Waals surface area contributed by atoms with E-state index in [2.05, 4.69) is 24.0 Å². The molecular formula is C17H21N3O4. The Balaban J connectivity index is 1.95. The van der Waals surface area contributed by atoms with Crippen molar-refractivity contribution in [3.63, 3.8) is 0 Å². The maximum absolute atomic E-state index is 11.8. The van der Waals surface area contributed by atoms with Crippen LogP contribution < -0.4 is 0 Å². The molecule has 0 aliphatic carbocycles. The van der Waals surface area contributed by atoms with Gasteiger partial charge in [0.15, 0.2) is 0 Å². The Labute approximate surface area is 140 Å². The van der Waals surface area contributed by atoms with Crippen molar-refractivity contribution in [1.82, 2.24) is 15.0 Å². The van der Waals surface area contributed by atoms with E-state index in [0.717, 1.165) is 10.5 Å². The second-order valence-electron chi connectivity index (χ2n) is 5.93. The molecule has 0 radical (unpaired) electrons. The first-order chi connectivity index (χ1) is 11.4. The van der Waals surface area contributed by atoms with E-state index in [9.17, 15) is 9.59 Å². The summed E-state index contributed by atoms with van der Waals surface area (Å²) in [4.78, 5) is 27.8. The first-order valence-corrected chi connectivity index (χ1v) is 7.75. The molecule has 0 unspecified atom stereocenters. The number of likely N-dealkylation sites (N-methyl/N-ethyl adjacent to an activating group) is 1. The van der Waals surface area contributed by atoms with Gasteiger partial charge in [-0.15, -0.1) is 0 Å². The van der Waals surface area contributed by atoms with Gasteiger partial charge in [0.1, 0.15) is 6.54 Å². The van der Waals surface area contributed by atoms with Crippen LogP contribution in [0.25, 0.3) is 11.4 Å². The van der Waals surface area contributed by atoms with E-state index < -0.39 is 5.97 Å². The summed E-state index contributed by atoms with van der Waals surface area (Å²) in [5, 5.41) is 12.6. The van der Waals surface area contributed by atoms with E-state index >= 15 is 0 Å². The number of carboxylic acids is 1. The minimum absolute atomic E-state index is 0.123. The fourth-order valence-electron chi connectivity index (χ4n) is 2.19. The van der Waals surface area contributed by atoms with Gasteiger partial charge in [-0.1, -0.05) is 43.3 Å². The fourth-order valence-corrected chi connectivity index (χ4v) is 2.19. The molecule has 24 heavy (non-hydrogen) atoms. The van der Waals surface area contributed by atoms with E-state index in [1.54, 1.807) is 0 Å². The van der Waals surface area contributed by atoms with Crippen LogP contribution in [0.4, 0.5) is 0 Å². The summed E-state index contributed by atoms with van der Waals surface area (Å²) >= 11 is 0. The smallest absolute Gasteiger partial charge is 0.323 e. The maximum atomic E-state index is 11.8. The summed E-state index contributed by atoms with van der Waals surface area (Å²) in [6.45, 7) is 3.93. The summed E-state index contributed by atoms with van der Waals surface area (Å²) in [5.74, 6) is -0.0375. The highest BCUT2D eigenvalue weighted by molar-refractivity contribution is 5.81. The van der Waals surface area contributed by atoms with E-state index in [1.807, 2.05) is 24.3 Å². The zero-order valence-electron chi connectivity index (χ0n) is 14.0. The van der Waals surface area contributed by atoms with Crippen LogP contribution in [0.2, 0.25) is 0 Å². The fraction of sp³-hybridized carbons (Fsp3) is 0.412. The number of carboxylic acid groups (broad SMARTS) is 1. The molecule has 1 aromatic carbocycles. The Morgan fingerprint density at radius 2 is 1.92 bits per heavy atom. The van der Waals surface area contributed by atoms with Crippen LogP contribution >= 0.6 is 0 Å². The van der Waals surface area contributed by atoms with Gasteiger partial charge in [-0.25, -0.2) is 0 Å². The molecule has 0 aliphatic heterocycles. The molecule has 0 saturated carbocycles. The van der Waals surface area contributed by atoms with Gasteiger partial charge in [0.2, 0.25) is 17.6 Å². The summed E-state index contributed by atoms with van der Waals surface area (Å²) in [6, 6.07) is 7.94. The molecule has 7 nitrogen and oxygen atoms in total. The predicted molar refractivity (Wildman–Crippen MR) is 87.4 cm³/mol. The number of rotatable bonds is 7. The van der Waals surface area contributed by atoms with Crippen LogP contribution in [-0.2, 0) is 16.0 Å². The van der Waals surface area contributed by atoms with Crippen LogP contribution in [0.5, 0.6) is 0 Å². The Morgan fingerprint density at radius 1 is 1.25 bits per heavy atom. The number of carbonyl (C=O) groups is 2. The largest absolute Gasteiger partial charge is 0.480 e. The molecule has 0 fully saturated rings. The number of hydrogen-bond acceptors (Lipinski definition) is 5. The molecule has 0 spiro atoms. The van der Waals surface area contributed by atoms with Crippen LogP contribution in [0, 0.1) is 0 Å². The SMILES string of the molecule is CC(C)c1ccc(-c2noc(CCC(=O)N(C)CC(=O)O)n2)cc1. The number of aromatic nitrogens is 2. The topological polar surface area (TPSA) is 96.5 Å². The molecule has 0 bridgehead atoms. The lowest BCUT2D eigenvalue weighted by atomic mass is 10.0. The molecule has 1 heterocycles. The molecule has 0 atom stereocenters. The Morgan fingerprint density at radius 3 is 2.50 bits per heavy atom. The first-order valence-electron chi connectivity index (χ1n) is 7.75. The summed E-state index contributed by atoms with van der Waals surface area (Å²) in [6.07, 6.45) is 0.400. The van der Waals surface area contributed by atoms with Gasteiger partial charge in [-0.2, -0.15) is 4.98 Å². The predicted octanol–water partition coefficient (Wildman–Crippen LogP) is 2.34. The number of amides is 1. The molecule has 0 saturated heterocycles. The third kappa shape index (κ3) is 4.65. The van der Waals surface area contributed by atoms with Crippen LogP contribution in [0.15, 0.2) is 28.8 Å². The molecule has 2 rings (SSSR count). The summed E-state index contributed by atoms with van der Waals surface area (Å²) in [7, 11) is 1.45. The number of carbonyl (C=O) groups excluding carboxylic acids is 1. The van der Waals surface area contributed by atoms with Gasteiger partial charge < -0.3 is 14.5 Å². The first kappa shape index (κ1) is 17.7. The molecule has 2 aromatic rings. The van der Waals surface area contributed by atoms with Gasteiger partial charge >= 0.3 is 5.97 Å². The Kier molecular flexibility index (Phi) is 5.68. The lowest BCUT2D eigenvalue weighted by Crippen LogP contribution is -2.32. The standard InChI is InChI=1S/C17H21N3O4/c1-11(2)12-4-6-13(7-5-12)17-18-14(24-19-17)8-9-15(21)20(3)10-16(22)23/h4-7,11H,8-10H2,1-3H3,(H,22,23). The van der Waals surface area contributed by atoms with Crippen molar-refractivity contribution in [2.45, 2.75) is 32.6 Å². The van der Waals surface area contributed by atoms with E-state index in [4.69, 9.17) is 9.63 Å². The van der Waals surface area contributed by atoms with Crippen LogP contribution in [0.3, 0.4) is 0 Å². The number of benzene rings is 1. The van der Waals surface area contributed by atoms with Crippen molar-refractivity contribution in [2.75, 3.05) is 13.6 Å². The summed E-state index contributed by atoms with van der Waals surface area (Å²) in [5.41, 5.74) is 2.08. The Hall–Kier alpha value is -2.70. The molecule has 1 N–H and O–H groups in total. The second kappa shape index (κ2) is 7.72. The number of hydrogen-bond donors (Lipinski definition) is 1. The van der Waals surface area contributed by atoms with Gasteiger partial charge in [0.05, 0.1) is 0 Å². The zero-order chi connectivity index (χ0) is 17.7. The molecule has 1 aromatic heterocycles. The quantitative estimate of drug-likeness (QED) is 0.836. The zero-order valence-corrected chi connectivity index (χ0v) is 14.0. The van der Waals surface area contributed by atoms with Crippen LogP contribution in [-0.4, -0.2) is 45.6 Å². The minimum atomic E-state index is -1.05. The summed E-state index contributed by atoms with van der Waals surface area (Å²) < 4.78 is 5.16. The van der Waals surface area contributed by atoms with Gasteiger partial charge in [0, 0.05) is 25.5 Å². The number of nitrogens with zero attached hydrogens (tertiary/aromatic N) is 3. The number of aryl methyl sites for hydroxylation is 1. The highest BCUT2D eigenvalue weighted by atomic mass is 16.5. The average Bonchev–Trinajstić information content (AvgIpc) is 3.01. The third-order valence-corrected chi connectivity index (χ3v) is 3.65. The van der Waals surface area contributed by atoms with E-state index in [-0.39, 0.29) is 25.3 Å². The average molecular weight is 331 g/mol. The van der Waals surface area contributed by atoms with Crippen molar-refractivity contribution < 1.29 is 19.2 Å². The third-order valence-electron chi connectivity index (χ3n) is 3.65. The van der Waals surface area contributed by atoms with Crippen molar-refractivity contribution >= 4 is 11.9 Å². The molecule has 128 valence electrons. The molecule has 0 aliphatic rings. The monoisotopic (exact) mass is 331 g/mol. The van der Waals surface area contributed by atoms with Crippen molar-refractivity contribution in [2.24, 2.45) is 0 Å². The van der Waals surface area contributed by atoms with Crippen LogP contribution in [0.1, 0.15) is 37.6 Å². The van der Waals surface area contributed by atoms with Gasteiger partial charge in [-0.3, -0.25) is 9.59 Å². The van der Waals surface area contributed by atoms with Crippen molar-refractivity contribution in [1.29, 1.82) is 0 Å². The van der Waals surface area contributed by atoms with Crippen molar-refractivity contribution in [3.8, 4) is 11.4 Å². The van der Waals surface area contributed by atoms with E-state index in [1.165, 1.54) is 12.6 Å². The lowest BCUT2D eigenvalue weighted by Gasteiger charge is -2.13. The van der Waals surface area contributed by atoms with Gasteiger partial charge in [-0.05, 0) is 11.5 Å². The van der Waals surface area contributed by atoms with Crippen molar-refractivity contribution in [3.05, 3.63) is 35.7 Å². The Bertz CT molecular complexity index is 707. The number of aliphatic carboxylic acids is 1. The minimum Gasteiger partial charge on any atom is -0.480 e.